The summed E-state index contributed by atoms with van der Waals surface area (Å²) in [7, 11) is 1.41. The van der Waals surface area contributed by atoms with E-state index < -0.39 is 23.7 Å². The van der Waals surface area contributed by atoms with Crippen LogP contribution in [-0.4, -0.2) is 15.7 Å². The zero-order chi connectivity index (χ0) is 19.5. The van der Waals surface area contributed by atoms with Crippen LogP contribution >= 0.6 is 0 Å². The molecule has 140 valence electrons. The molecule has 8 heteroatoms. The average molecular weight is 367 g/mol. The van der Waals surface area contributed by atoms with Crippen molar-refractivity contribution in [1.82, 2.24) is 15.1 Å². The molecule has 0 fully saturated rings. The predicted molar refractivity (Wildman–Crippen MR) is 90.6 cm³/mol. The fourth-order valence-corrected chi connectivity index (χ4v) is 2.54. The van der Waals surface area contributed by atoms with Crippen LogP contribution in [0.1, 0.15) is 47.9 Å². The molecule has 1 aromatic carbocycles. The number of carbonyl (C=O) groups excluding carboxylic acids is 1. The number of carbonyl (C=O) groups is 1. The first-order valence-corrected chi connectivity index (χ1v) is 8.10. The lowest BCUT2D eigenvalue weighted by atomic mass is 9.95. The SMILES string of the molecule is CC(C)CC(NC(=O)c1ccc(=O)n(C)n1)c1cccc(C(F)(F)F)c1. The van der Waals surface area contributed by atoms with E-state index >= 15 is 0 Å². The minimum Gasteiger partial charge on any atom is -0.344 e. The molecule has 0 aliphatic rings. The van der Waals surface area contributed by atoms with Gasteiger partial charge in [0.05, 0.1) is 11.6 Å². The van der Waals surface area contributed by atoms with Crippen LogP contribution < -0.4 is 10.9 Å². The first-order chi connectivity index (χ1) is 12.1. The first kappa shape index (κ1) is 19.7. The van der Waals surface area contributed by atoms with Gasteiger partial charge in [-0.2, -0.15) is 18.3 Å². The Balaban J connectivity index is 2.31. The third-order valence-electron chi connectivity index (χ3n) is 3.82. The van der Waals surface area contributed by atoms with Crippen LogP contribution in [0.3, 0.4) is 0 Å². The third-order valence-corrected chi connectivity index (χ3v) is 3.82. The molecular weight excluding hydrogens is 347 g/mol. The van der Waals surface area contributed by atoms with Crippen molar-refractivity contribution in [2.45, 2.75) is 32.5 Å². The molecule has 0 saturated carbocycles. The molecule has 0 radical (unpaired) electrons. The van der Waals surface area contributed by atoms with Gasteiger partial charge in [-0.3, -0.25) is 9.59 Å². The number of nitrogens with one attached hydrogen (secondary N) is 1. The second-order valence-electron chi connectivity index (χ2n) is 6.46. The van der Waals surface area contributed by atoms with Gasteiger partial charge in [0.25, 0.3) is 11.5 Å². The summed E-state index contributed by atoms with van der Waals surface area (Å²) in [4.78, 5) is 23.8. The van der Waals surface area contributed by atoms with E-state index in [-0.39, 0.29) is 17.2 Å². The summed E-state index contributed by atoms with van der Waals surface area (Å²) in [5.74, 6) is -0.411. The van der Waals surface area contributed by atoms with Gasteiger partial charge < -0.3 is 5.32 Å². The average Bonchev–Trinajstić information content (AvgIpc) is 2.55. The third kappa shape index (κ3) is 4.93. The molecule has 0 saturated heterocycles. The Labute approximate surface area is 148 Å². The minimum atomic E-state index is -4.46. The molecule has 5 nitrogen and oxygen atoms in total. The molecule has 0 aliphatic heterocycles. The molecule has 1 N–H and O–H groups in total. The van der Waals surface area contributed by atoms with Crippen LogP contribution in [0.15, 0.2) is 41.2 Å². The van der Waals surface area contributed by atoms with E-state index in [9.17, 15) is 22.8 Å². The predicted octanol–water partition coefficient (Wildman–Crippen LogP) is 3.32. The van der Waals surface area contributed by atoms with Crippen molar-refractivity contribution in [3.63, 3.8) is 0 Å². The van der Waals surface area contributed by atoms with E-state index in [2.05, 4.69) is 10.4 Å². The van der Waals surface area contributed by atoms with Gasteiger partial charge in [0.2, 0.25) is 0 Å². The zero-order valence-electron chi connectivity index (χ0n) is 14.7. The van der Waals surface area contributed by atoms with Crippen molar-refractivity contribution in [3.8, 4) is 0 Å². The Morgan fingerprint density at radius 1 is 1.23 bits per heavy atom. The summed E-state index contributed by atoms with van der Waals surface area (Å²) < 4.78 is 39.9. The van der Waals surface area contributed by atoms with Crippen LogP contribution in [0.4, 0.5) is 13.2 Å². The lowest BCUT2D eigenvalue weighted by molar-refractivity contribution is -0.137. The fraction of sp³-hybridized carbons (Fsp3) is 0.389. The Hall–Kier alpha value is -2.64. The Kier molecular flexibility index (Phi) is 5.84. The molecule has 0 aliphatic carbocycles. The molecule has 0 bridgehead atoms. The molecule has 1 aromatic heterocycles. The van der Waals surface area contributed by atoms with Crippen LogP contribution in [-0.2, 0) is 13.2 Å². The van der Waals surface area contributed by atoms with Gasteiger partial charge in [-0.05, 0) is 36.1 Å². The molecule has 0 spiro atoms. The molecule has 2 aromatic rings. The molecule has 2 rings (SSSR count). The second-order valence-corrected chi connectivity index (χ2v) is 6.46. The van der Waals surface area contributed by atoms with Crippen molar-refractivity contribution in [2.75, 3.05) is 0 Å². The summed E-state index contributed by atoms with van der Waals surface area (Å²) >= 11 is 0. The number of benzene rings is 1. The maximum Gasteiger partial charge on any atom is 0.416 e. The lowest BCUT2D eigenvalue weighted by Crippen LogP contribution is -2.32. The number of amides is 1. The molecule has 26 heavy (non-hydrogen) atoms. The normalized spacial score (nSPS) is 12.9. The monoisotopic (exact) mass is 367 g/mol. The molecular formula is C18H20F3N3O2. The largest absolute Gasteiger partial charge is 0.416 e. The number of aromatic nitrogens is 2. The molecule has 1 unspecified atom stereocenters. The fourth-order valence-electron chi connectivity index (χ4n) is 2.54. The van der Waals surface area contributed by atoms with Crippen molar-refractivity contribution in [3.05, 3.63) is 63.6 Å². The number of rotatable bonds is 5. The van der Waals surface area contributed by atoms with Crippen molar-refractivity contribution in [1.29, 1.82) is 0 Å². The van der Waals surface area contributed by atoms with E-state index in [1.165, 1.54) is 25.2 Å². The number of alkyl halides is 3. The first-order valence-electron chi connectivity index (χ1n) is 8.10. The molecule has 1 heterocycles. The van der Waals surface area contributed by atoms with Gasteiger partial charge in [0.1, 0.15) is 5.69 Å². The highest BCUT2D eigenvalue weighted by atomic mass is 19.4. The second kappa shape index (κ2) is 7.72. The quantitative estimate of drug-likeness (QED) is 0.882. The lowest BCUT2D eigenvalue weighted by Gasteiger charge is -2.22. The number of hydrogen-bond acceptors (Lipinski definition) is 3. The van der Waals surface area contributed by atoms with Crippen molar-refractivity contribution >= 4 is 5.91 Å². The number of hydrogen-bond donors (Lipinski definition) is 1. The van der Waals surface area contributed by atoms with Crippen molar-refractivity contribution in [2.24, 2.45) is 13.0 Å². The van der Waals surface area contributed by atoms with Gasteiger partial charge in [-0.1, -0.05) is 26.0 Å². The summed E-state index contributed by atoms with van der Waals surface area (Å²) in [6.07, 6.45) is -4.00. The maximum atomic E-state index is 13.0. The van der Waals surface area contributed by atoms with Gasteiger partial charge in [-0.25, -0.2) is 4.68 Å². The maximum absolute atomic E-state index is 13.0. The highest BCUT2D eigenvalue weighted by molar-refractivity contribution is 5.92. The smallest absolute Gasteiger partial charge is 0.344 e. The number of halogens is 3. The topological polar surface area (TPSA) is 64.0 Å². The highest BCUT2D eigenvalue weighted by Gasteiger charge is 2.31. The van der Waals surface area contributed by atoms with Gasteiger partial charge >= 0.3 is 6.18 Å². The molecule has 1 atom stereocenters. The van der Waals surface area contributed by atoms with Crippen molar-refractivity contribution < 1.29 is 18.0 Å². The number of aryl methyl sites for hydroxylation is 1. The summed E-state index contributed by atoms with van der Waals surface area (Å²) in [6.45, 7) is 3.83. The van der Waals surface area contributed by atoms with Crippen LogP contribution in [0.2, 0.25) is 0 Å². The van der Waals surface area contributed by atoms with Crippen LogP contribution in [0.25, 0.3) is 0 Å². The van der Waals surface area contributed by atoms with Gasteiger partial charge in [-0.15, -0.1) is 0 Å². The number of nitrogens with zero attached hydrogens (tertiary/aromatic N) is 2. The Bertz CT molecular complexity index is 844. The van der Waals surface area contributed by atoms with Crippen LogP contribution in [0.5, 0.6) is 0 Å². The molecule has 1 amide bonds. The zero-order valence-corrected chi connectivity index (χ0v) is 14.7. The van der Waals surface area contributed by atoms with Gasteiger partial charge in [0.15, 0.2) is 0 Å². The van der Waals surface area contributed by atoms with Crippen LogP contribution in [0, 0.1) is 5.92 Å². The summed E-state index contributed by atoms with van der Waals surface area (Å²) in [6, 6.07) is 6.80. The summed E-state index contributed by atoms with van der Waals surface area (Å²) in [5.41, 5.74) is -0.740. The van der Waals surface area contributed by atoms with E-state index in [0.717, 1.165) is 16.8 Å². The van der Waals surface area contributed by atoms with E-state index in [1.807, 2.05) is 13.8 Å². The van der Waals surface area contributed by atoms with Gasteiger partial charge in [0, 0.05) is 13.1 Å². The standard InChI is InChI=1S/C18H20F3N3O2/c1-11(2)9-15(12-5-4-6-13(10-12)18(19,20)21)22-17(26)14-7-8-16(25)24(3)23-14/h4-8,10-11,15H,9H2,1-3H3,(H,22,26). The minimum absolute atomic E-state index is 0.0211. The Morgan fingerprint density at radius 3 is 2.50 bits per heavy atom. The highest BCUT2D eigenvalue weighted by Crippen LogP contribution is 2.32. The Morgan fingerprint density at radius 2 is 1.92 bits per heavy atom. The summed E-state index contributed by atoms with van der Waals surface area (Å²) in [5, 5.41) is 6.59. The van der Waals surface area contributed by atoms with E-state index in [1.54, 1.807) is 6.07 Å². The van der Waals surface area contributed by atoms with E-state index in [4.69, 9.17) is 0 Å². The van der Waals surface area contributed by atoms with E-state index in [0.29, 0.717) is 12.0 Å².